The van der Waals surface area contributed by atoms with Gasteiger partial charge >= 0.3 is 0 Å². The summed E-state index contributed by atoms with van der Waals surface area (Å²) < 4.78 is 1.83. The highest BCUT2D eigenvalue weighted by Gasteiger charge is 2.24. The summed E-state index contributed by atoms with van der Waals surface area (Å²) in [6.45, 7) is 1.91. The highest BCUT2D eigenvalue weighted by atomic mass is 32.1. The van der Waals surface area contributed by atoms with E-state index in [2.05, 4.69) is 10.1 Å². The molecule has 3 rings (SSSR count). The Hall–Kier alpha value is -1.36. The van der Waals surface area contributed by atoms with Gasteiger partial charge in [0.25, 0.3) is 0 Å². The zero-order chi connectivity index (χ0) is 11.3. The molecule has 1 aliphatic rings. The van der Waals surface area contributed by atoms with Crippen LogP contribution >= 0.6 is 11.3 Å². The van der Waals surface area contributed by atoms with Crippen LogP contribution in [0.4, 0.5) is 5.00 Å². The van der Waals surface area contributed by atoms with E-state index in [1.807, 2.05) is 18.7 Å². The predicted molar refractivity (Wildman–Crippen MR) is 65.5 cm³/mol. The number of nitrogens with two attached hydrogens (primary N) is 1. The molecule has 0 saturated heterocycles. The Bertz CT molecular complexity index is 553. The molecular formula is C11H14N4S. The van der Waals surface area contributed by atoms with Crippen molar-refractivity contribution < 1.29 is 0 Å². The van der Waals surface area contributed by atoms with Gasteiger partial charge in [-0.3, -0.25) is 0 Å². The van der Waals surface area contributed by atoms with Crippen LogP contribution in [0.5, 0.6) is 0 Å². The number of fused-ring (bicyclic) bond motifs is 1. The maximum Gasteiger partial charge on any atom is 0.161 e. The fourth-order valence-electron chi connectivity index (χ4n) is 2.40. The Labute approximate surface area is 98.1 Å². The maximum absolute atomic E-state index is 6.10. The molecule has 0 bridgehead atoms. The van der Waals surface area contributed by atoms with Crippen LogP contribution in [0, 0.1) is 6.92 Å². The van der Waals surface area contributed by atoms with Crippen molar-refractivity contribution in [1.82, 2.24) is 14.8 Å². The van der Waals surface area contributed by atoms with E-state index in [9.17, 15) is 0 Å². The van der Waals surface area contributed by atoms with Crippen LogP contribution in [0.2, 0.25) is 0 Å². The van der Waals surface area contributed by atoms with E-state index in [1.165, 1.54) is 23.3 Å². The van der Waals surface area contributed by atoms with Gasteiger partial charge in [-0.05, 0) is 31.7 Å². The molecule has 0 aromatic carbocycles. The average molecular weight is 234 g/mol. The summed E-state index contributed by atoms with van der Waals surface area (Å²) in [4.78, 5) is 5.91. The van der Waals surface area contributed by atoms with Gasteiger partial charge in [0.05, 0.1) is 10.6 Å². The normalized spacial score (nSPS) is 14.4. The summed E-state index contributed by atoms with van der Waals surface area (Å²) in [5, 5.41) is 5.18. The minimum atomic E-state index is 0.801. The number of thiophene rings is 1. The SMILES string of the molecule is Cc1nc(-c2c(N)sc3c2CCC3)n(C)n1. The molecule has 2 aromatic rings. The van der Waals surface area contributed by atoms with E-state index in [-0.39, 0.29) is 0 Å². The van der Waals surface area contributed by atoms with Crippen LogP contribution in [0.15, 0.2) is 0 Å². The number of nitrogens with zero attached hydrogens (tertiary/aromatic N) is 3. The van der Waals surface area contributed by atoms with Crippen molar-refractivity contribution in [3.05, 3.63) is 16.3 Å². The van der Waals surface area contributed by atoms with Crippen LogP contribution in [0.1, 0.15) is 22.7 Å². The fourth-order valence-corrected chi connectivity index (χ4v) is 3.56. The first-order valence-electron chi connectivity index (χ1n) is 5.45. The monoisotopic (exact) mass is 234 g/mol. The zero-order valence-electron chi connectivity index (χ0n) is 9.45. The van der Waals surface area contributed by atoms with E-state index in [0.717, 1.165) is 28.6 Å². The lowest BCUT2D eigenvalue weighted by molar-refractivity contribution is 0.763. The summed E-state index contributed by atoms with van der Waals surface area (Å²) in [6, 6.07) is 0. The van der Waals surface area contributed by atoms with E-state index >= 15 is 0 Å². The van der Waals surface area contributed by atoms with E-state index in [1.54, 1.807) is 11.3 Å². The Morgan fingerprint density at radius 2 is 2.19 bits per heavy atom. The second kappa shape index (κ2) is 3.31. The van der Waals surface area contributed by atoms with E-state index in [4.69, 9.17) is 5.73 Å². The molecule has 16 heavy (non-hydrogen) atoms. The van der Waals surface area contributed by atoms with Crippen molar-refractivity contribution >= 4 is 16.3 Å². The summed E-state index contributed by atoms with van der Waals surface area (Å²) in [5.74, 6) is 1.71. The molecule has 0 fully saturated rings. The lowest BCUT2D eigenvalue weighted by Gasteiger charge is -2.02. The first-order chi connectivity index (χ1) is 7.66. The number of hydrogen-bond acceptors (Lipinski definition) is 4. The predicted octanol–water partition coefficient (Wildman–Crippen LogP) is 1.92. The van der Waals surface area contributed by atoms with Crippen LogP contribution in [0.3, 0.4) is 0 Å². The lowest BCUT2D eigenvalue weighted by atomic mass is 10.1. The smallest absolute Gasteiger partial charge is 0.161 e. The Balaban J connectivity index is 2.23. The molecule has 0 spiro atoms. The molecule has 2 heterocycles. The second-order valence-electron chi connectivity index (χ2n) is 4.20. The van der Waals surface area contributed by atoms with Gasteiger partial charge in [-0.25, -0.2) is 9.67 Å². The molecule has 84 valence electrons. The molecule has 2 aromatic heterocycles. The molecule has 4 nitrogen and oxygen atoms in total. The van der Waals surface area contributed by atoms with Crippen LogP contribution in [-0.2, 0) is 19.9 Å². The Kier molecular flexibility index (Phi) is 2.04. The van der Waals surface area contributed by atoms with Gasteiger partial charge in [0.2, 0.25) is 0 Å². The van der Waals surface area contributed by atoms with Crippen LogP contribution in [0.25, 0.3) is 11.4 Å². The van der Waals surface area contributed by atoms with Gasteiger partial charge in [0.15, 0.2) is 5.82 Å². The molecule has 2 N–H and O–H groups in total. The molecule has 0 amide bonds. The molecule has 5 heteroatoms. The fraction of sp³-hybridized carbons (Fsp3) is 0.455. The van der Waals surface area contributed by atoms with Crippen molar-refractivity contribution in [3.8, 4) is 11.4 Å². The maximum atomic E-state index is 6.10. The second-order valence-corrected chi connectivity index (χ2v) is 5.34. The number of nitrogen functional groups attached to an aromatic ring is 1. The third kappa shape index (κ3) is 1.28. The van der Waals surface area contributed by atoms with Gasteiger partial charge in [-0.15, -0.1) is 11.3 Å². The first kappa shape index (κ1) is 9.84. The van der Waals surface area contributed by atoms with Gasteiger partial charge < -0.3 is 5.73 Å². The molecule has 0 atom stereocenters. The molecule has 0 saturated carbocycles. The number of hydrogen-bond donors (Lipinski definition) is 1. The molecular weight excluding hydrogens is 220 g/mol. The topological polar surface area (TPSA) is 56.7 Å². The standard InChI is InChI=1S/C11H14N4S/c1-6-13-11(15(2)14-6)9-7-4-3-5-8(7)16-10(9)12/h3-5,12H2,1-2H3. The quantitative estimate of drug-likeness (QED) is 0.820. The Morgan fingerprint density at radius 3 is 2.88 bits per heavy atom. The minimum Gasteiger partial charge on any atom is -0.390 e. The highest BCUT2D eigenvalue weighted by molar-refractivity contribution is 7.16. The van der Waals surface area contributed by atoms with Gasteiger partial charge in [0, 0.05) is 11.9 Å². The summed E-state index contributed by atoms with van der Waals surface area (Å²) in [6.07, 6.45) is 3.54. The van der Waals surface area contributed by atoms with Gasteiger partial charge in [0.1, 0.15) is 5.82 Å². The summed E-state index contributed by atoms with van der Waals surface area (Å²) in [7, 11) is 1.92. The summed E-state index contributed by atoms with van der Waals surface area (Å²) in [5.41, 5.74) is 8.63. The van der Waals surface area contributed by atoms with Crippen molar-refractivity contribution in [2.45, 2.75) is 26.2 Å². The van der Waals surface area contributed by atoms with Crippen LogP contribution in [-0.4, -0.2) is 14.8 Å². The largest absolute Gasteiger partial charge is 0.390 e. The Morgan fingerprint density at radius 1 is 1.38 bits per heavy atom. The first-order valence-corrected chi connectivity index (χ1v) is 6.26. The third-order valence-corrected chi connectivity index (χ3v) is 4.16. The minimum absolute atomic E-state index is 0.801. The van der Waals surface area contributed by atoms with E-state index < -0.39 is 0 Å². The van der Waals surface area contributed by atoms with Crippen LogP contribution < -0.4 is 5.73 Å². The lowest BCUT2D eigenvalue weighted by Crippen LogP contribution is -1.97. The number of rotatable bonds is 1. The number of aryl methyl sites for hydroxylation is 3. The van der Waals surface area contributed by atoms with E-state index in [0.29, 0.717) is 0 Å². The highest BCUT2D eigenvalue weighted by Crippen LogP contribution is 2.42. The van der Waals surface area contributed by atoms with Crippen molar-refractivity contribution in [3.63, 3.8) is 0 Å². The molecule has 0 aliphatic heterocycles. The molecule has 0 radical (unpaired) electrons. The van der Waals surface area contributed by atoms with Gasteiger partial charge in [-0.2, -0.15) is 5.10 Å². The average Bonchev–Trinajstić information content (AvgIpc) is 2.81. The van der Waals surface area contributed by atoms with Crippen molar-refractivity contribution in [2.24, 2.45) is 7.05 Å². The third-order valence-electron chi connectivity index (χ3n) is 3.04. The molecule has 1 aliphatic carbocycles. The number of anilines is 1. The number of aromatic nitrogens is 3. The molecule has 0 unspecified atom stereocenters. The van der Waals surface area contributed by atoms with Crippen molar-refractivity contribution in [2.75, 3.05) is 5.73 Å². The van der Waals surface area contributed by atoms with Gasteiger partial charge in [-0.1, -0.05) is 0 Å². The summed E-state index contributed by atoms with van der Waals surface area (Å²) >= 11 is 1.71. The zero-order valence-corrected chi connectivity index (χ0v) is 10.3. The van der Waals surface area contributed by atoms with Crippen molar-refractivity contribution in [1.29, 1.82) is 0 Å².